The average Bonchev–Trinajstić information content (AvgIpc) is 2.78. The van der Waals surface area contributed by atoms with Gasteiger partial charge in [0.2, 0.25) is 0 Å². The number of carbonyl (C=O) groups is 1. The van der Waals surface area contributed by atoms with E-state index in [0.29, 0.717) is 5.56 Å². The van der Waals surface area contributed by atoms with Crippen molar-refractivity contribution in [2.24, 2.45) is 0 Å². The van der Waals surface area contributed by atoms with E-state index in [9.17, 15) is 10.1 Å². The van der Waals surface area contributed by atoms with Crippen LogP contribution in [0, 0.1) is 25.2 Å². The third kappa shape index (κ3) is 2.20. The van der Waals surface area contributed by atoms with Gasteiger partial charge in [0.15, 0.2) is 5.78 Å². The zero-order valence-electron chi connectivity index (χ0n) is 10.3. The molecule has 0 fully saturated rings. The number of aryl methyl sites for hydroxylation is 2. The molecule has 2 aromatic rings. The van der Waals surface area contributed by atoms with Crippen molar-refractivity contribution < 1.29 is 4.79 Å². The smallest absolute Gasteiger partial charge is 0.185 e. The Morgan fingerprint density at radius 2 is 1.94 bits per heavy atom. The van der Waals surface area contributed by atoms with Crippen molar-refractivity contribution in [3.63, 3.8) is 0 Å². The molecule has 18 heavy (non-hydrogen) atoms. The summed E-state index contributed by atoms with van der Waals surface area (Å²) in [5.41, 5.74) is 3.38. The molecule has 0 N–H and O–H groups in total. The largest absolute Gasteiger partial charge is 0.292 e. The molecule has 1 heterocycles. The van der Waals surface area contributed by atoms with Crippen LogP contribution in [0.25, 0.3) is 0 Å². The lowest BCUT2D eigenvalue weighted by atomic mass is 9.89. The van der Waals surface area contributed by atoms with Crippen LogP contribution in [-0.2, 0) is 0 Å². The maximum atomic E-state index is 12.4. The van der Waals surface area contributed by atoms with Crippen molar-refractivity contribution in [2.45, 2.75) is 19.8 Å². The van der Waals surface area contributed by atoms with Gasteiger partial charge < -0.3 is 0 Å². The topological polar surface area (TPSA) is 40.9 Å². The molecule has 0 saturated heterocycles. The first-order valence-electron chi connectivity index (χ1n) is 5.67. The summed E-state index contributed by atoms with van der Waals surface area (Å²) in [7, 11) is 0. The number of nitriles is 1. The van der Waals surface area contributed by atoms with Crippen LogP contribution in [0.4, 0.5) is 0 Å². The van der Waals surface area contributed by atoms with Crippen LogP contribution >= 0.6 is 11.3 Å². The van der Waals surface area contributed by atoms with E-state index < -0.39 is 5.92 Å². The predicted molar refractivity (Wildman–Crippen MR) is 72.9 cm³/mol. The van der Waals surface area contributed by atoms with Gasteiger partial charge in [-0.25, -0.2) is 0 Å². The van der Waals surface area contributed by atoms with Crippen molar-refractivity contribution in [1.29, 1.82) is 5.26 Å². The maximum Gasteiger partial charge on any atom is 0.185 e. The summed E-state index contributed by atoms with van der Waals surface area (Å²) in [6.45, 7) is 3.82. The fourth-order valence-corrected chi connectivity index (χ4v) is 2.79. The molecule has 0 bridgehead atoms. The van der Waals surface area contributed by atoms with Gasteiger partial charge in [0.05, 0.1) is 6.07 Å². The zero-order valence-corrected chi connectivity index (χ0v) is 11.1. The van der Waals surface area contributed by atoms with Gasteiger partial charge in [-0.15, -0.1) is 0 Å². The van der Waals surface area contributed by atoms with E-state index in [1.807, 2.05) is 48.9 Å². The minimum absolute atomic E-state index is 0.106. The molecule has 0 aliphatic heterocycles. The summed E-state index contributed by atoms with van der Waals surface area (Å²) in [4.78, 5) is 12.4. The van der Waals surface area contributed by atoms with Crippen LogP contribution in [0.15, 0.2) is 35.0 Å². The number of benzene rings is 1. The molecule has 1 unspecified atom stereocenters. The van der Waals surface area contributed by atoms with E-state index in [-0.39, 0.29) is 5.78 Å². The summed E-state index contributed by atoms with van der Waals surface area (Å²) in [6, 6.07) is 9.68. The van der Waals surface area contributed by atoms with Crippen LogP contribution in [0.5, 0.6) is 0 Å². The van der Waals surface area contributed by atoms with E-state index in [1.54, 1.807) is 0 Å². The van der Waals surface area contributed by atoms with Crippen LogP contribution in [0.1, 0.15) is 33.0 Å². The van der Waals surface area contributed by atoms with E-state index >= 15 is 0 Å². The summed E-state index contributed by atoms with van der Waals surface area (Å²) >= 11 is 1.49. The zero-order chi connectivity index (χ0) is 13.1. The van der Waals surface area contributed by atoms with Crippen LogP contribution in [0.3, 0.4) is 0 Å². The Morgan fingerprint density at radius 1 is 1.22 bits per heavy atom. The third-order valence-corrected chi connectivity index (χ3v) is 3.87. The lowest BCUT2D eigenvalue weighted by Gasteiger charge is -2.11. The number of hydrogen-bond donors (Lipinski definition) is 0. The molecule has 1 aromatic heterocycles. The fourth-order valence-electron chi connectivity index (χ4n) is 1.95. The van der Waals surface area contributed by atoms with E-state index in [1.165, 1.54) is 11.3 Å². The highest BCUT2D eigenvalue weighted by Gasteiger charge is 2.24. The number of hydrogen-bond acceptors (Lipinski definition) is 3. The van der Waals surface area contributed by atoms with Crippen LogP contribution in [-0.4, -0.2) is 5.78 Å². The molecule has 1 aromatic carbocycles. The summed E-state index contributed by atoms with van der Waals surface area (Å²) in [5.74, 6) is -0.815. The van der Waals surface area contributed by atoms with Crippen molar-refractivity contribution in [2.75, 3.05) is 0 Å². The Kier molecular flexibility index (Phi) is 3.59. The van der Waals surface area contributed by atoms with Crippen molar-refractivity contribution >= 4 is 17.1 Å². The molecule has 1 atom stereocenters. The quantitative estimate of drug-likeness (QED) is 0.781. The molecular formula is C15H13NOS. The number of ketones is 1. The lowest BCUT2D eigenvalue weighted by molar-refractivity contribution is 0.0978. The van der Waals surface area contributed by atoms with Gasteiger partial charge in [0, 0.05) is 10.9 Å². The van der Waals surface area contributed by atoms with Gasteiger partial charge in [0.25, 0.3) is 0 Å². The SMILES string of the molecule is Cc1cscc1C(=O)C(C#N)c1ccccc1C. The molecule has 2 nitrogen and oxygen atoms in total. The Hall–Kier alpha value is -1.92. The monoisotopic (exact) mass is 255 g/mol. The van der Waals surface area contributed by atoms with E-state index in [2.05, 4.69) is 6.07 Å². The van der Waals surface area contributed by atoms with Crippen LogP contribution in [0.2, 0.25) is 0 Å². The van der Waals surface area contributed by atoms with Gasteiger partial charge in [-0.3, -0.25) is 4.79 Å². The second-order valence-corrected chi connectivity index (χ2v) is 4.99. The van der Waals surface area contributed by atoms with Gasteiger partial charge in [-0.2, -0.15) is 16.6 Å². The third-order valence-electron chi connectivity index (χ3n) is 3.01. The minimum Gasteiger partial charge on any atom is -0.292 e. The Labute approximate surface area is 111 Å². The first kappa shape index (κ1) is 12.5. The maximum absolute atomic E-state index is 12.4. The summed E-state index contributed by atoms with van der Waals surface area (Å²) in [6.07, 6.45) is 0. The number of nitrogens with zero attached hydrogens (tertiary/aromatic N) is 1. The highest BCUT2D eigenvalue weighted by Crippen LogP contribution is 2.26. The molecular weight excluding hydrogens is 242 g/mol. The minimum atomic E-state index is -0.709. The Bertz CT molecular complexity index is 621. The van der Waals surface area contributed by atoms with Crippen molar-refractivity contribution in [3.8, 4) is 6.07 Å². The molecule has 3 heteroatoms. The van der Waals surface area contributed by atoms with Crippen LogP contribution < -0.4 is 0 Å². The summed E-state index contributed by atoms with van der Waals surface area (Å²) < 4.78 is 0. The highest BCUT2D eigenvalue weighted by atomic mass is 32.1. The normalized spacial score (nSPS) is 11.8. The van der Waals surface area contributed by atoms with Crippen molar-refractivity contribution in [3.05, 3.63) is 57.3 Å². The average molecular weight is 255 g/mol. The van der Waals surface area contributed by atoms with Crippen molar-refractivity contribution in [1.82, 2.24) is 0 Å². The molecule has 0 spiro atoms. The van der Waals surface area contributed by atoms with E-state index in [4.69, 9.17) is 0 Å². The molecule has 0 radical (unpaired) electrons. The molecule has 0 amide bonds. The van der Waals surface area contributed by atoms with Gasteiger partial charge in [-0.1, -0.05) is 24.3 Å². The standard InChI is InChI=1S/C15H13NOS/c1-10-5-3-4-6-12(10)13(7-16)15(17)14-9-18-8-11(14)2/h3-6,8-9,13H,1-2H3. The number of carbonyl (C=O) groups excluding carboxylic acids is 1. The first-order chi connectivity index (χ1) is 8.65. The predicted octanol–water partition coefficient (Wildman–Crippen LogP) is 3.86. The van der Waals surface area contributed by atoms with Gasteiger partial charge in [0.1, 0.15) is 5.92 Å². The number of thiophene rings is 1. The molecule has 0 aliphatic carbocycles. The number of rotatable bonds is 3. The summed E-state index contributed by atoms with van der Waals surface area (Å²) in [5, 5.41) is 13.0. The Balaban J connectivity index is 2.43. The molecule has 90 valence electrons. The molecule has 2 rings (SSSR count). The van der Waals surface area contributed by atoms with Gasteiger partial charge in [-0.05, 0) is 35.9 Å². The highest BCUT2D eigenvalue weighted by molar-refractivity contribution is 7.08. The lowest BCUT2D eigenvalue weighted by Crippen LogP contribution is -2.12. The molecule has 0 saturated carbocycles. The molecule has 0 aliphatic rings. The Morgan fingerprint density at radius 3 is 2.50 bits per heavy atom. The number of Topliss-reactive ketones (excluding diaryl/α,β-unsaturated/α-hetero) is 1. The first-order valence-corrected chi connectivity index (χ1v) is 6.61. The second kappa shape index (κ2) is 5.16. The van der Waals surface area contributed by atoms with Gasteiger partial charge >= 0.3 is 0 Å². The second-order valence-electron chi connectivity index (χ2n) is 4.25. The van der Waals surface area contributed by atoms with E-state index in [0.717, 1.165) is 16.7 Å². The fraction of sp³-hybridized carbons (Fsp3) is 0.200.